The minimum atomic E-state index is -0.853. The van der Waals surface area contributed by atoms with Crippen molar-refractivity contribution in [1.82, 2.24) is 4.57 Å². The fourth-order valence-electron chi connectivity index (χ4n) is 2.80. The van der Waals surface area contributed by atoms with E-state index in [1.807, 2.05) is 19.9 Å². The lowest BCUT2D eigenvalue weighted by atomic mass is 10.1. The van der Waals surface area contributed by atoms with Gasteiger partial charge in [-0.25, -0.2) is 0 Å². The summed E-state index contributed by atoms with van der Waals surface area (Å²) in [5.41, 5.74) is 2.41. The highest BCUT2D eigenvalue weighted by molar-refractivity contribution is 5.99. The molecule has 1 aliphatic rings. The van der Waals surface area contributed by atoms with Crippen LogP contribution in [0.1, 0.15) is 48.4 Å². The Bertz CT molecular complexity index is 662. The van der Waals surface area contributed by atoms with Crippen LogP contribution in [0.15, 0.2) is 6.07 Å². The molecule has 0 bridgehead atoms. The molecule has 1 aromatic rings. The highest BCUT2D eigenvalue weighted by Gasteiger charge is 2.54. The minimum absolute atomic E-state index is 0.198. The topological polar surface area (TPSA) is 91.4 Å². The van der Waals surface area contributed by atoms with E-state index in [9.17, 15) is 19.7 Å². The molecular formula is C17H24N2O5. The zero-order valence-electron chi connectivity index (χ0n) is 14.6. The Kier molecular flexibility index (Phi) is 5.41. The van der Waals surface area contributed by atoms with E-state index >= 15 is 0 Å². The van der Waals surface area contributed by atoms with Crippen LogP contribution in [0.3, 0.4) is 0 Å². The molecule has 24 heavy (non-hydrogen) atoms. The first kappa shape index (κ1) is 18.2. The normalized spacial score (nSPS) is 19.4. The number of nitrogens with zero attached hydrogens (tertiary/aromatic N) is 2. The third kappa shape index (κ3) is 4.01. The monoisotopic (exact) mass is 336 g/mol. The lowest BCUT2D eigenvalue weighted by molar-refractivity contribution is -0.497. The average Bonchev–Trinajstić information content (AvgIpc) is 3.25. The summed E-state index contributed by atoms with van der Waals surface area (Å²) in [5, 5.41) is 10.6. The second-order valence-corrected chi connectivity index (χ2v) is 6.84. The van der Waals surface area contributed by atoms with Crippen molar-refractivity contribution in [3.63, 3.8) is 0 Å². The molecule has 132 valence electrons. The van der Waals surface area contributed by atoms with Crippen LogP contribution in [0, 0.1) is 35.8 Å². The maximum atomic E-state index is 12.3. The van der Waals surface area contributed by atoms with Crippen LogP contribution in [-0.4, -0.2) is 33.9 Å². The fraction of sp³-hybridized carbons (Fsp3) is 0.647. The maximum absolute atomic E-state index is 12.3. The molecule has 1 aromatic heterocycles. The van der Waals surface area contributed by atoms with Crippen molar-refractivity contribution in [1.29, 1.82) is 0 Å². The molecule has 0 spiro atoms. The number of nitro groups is 1. The molecule has 0 radical (unpaired) electrons. The van der Waals surface area contributed by atoms with Crippen molar-refractivity contribution in [3.05, 3.63) is 33.1 Å². The molecule has 0 aromatic carbocycles. The summed E-state index contributed by atoms with van der Waals surface area (Å²) in [5.74, 6) is -1.06. The molecule has 1 heterocycles. The van der Waals surface area contributed by atoms with E-state index in [1.165, 1.54) is 0 Å². The van der Waals surface area contributed by atoms with E-state index < -0.39 is 22.9 Å². The molecule has 2 unspecified atom stereocenters. The van der Waals surface area contributed by atoms with Gasteiger partial charge in [0.15, 0.2) is 6.61 Å². The average molecular weight is 336 g/mol. The number of hydrogen-bond acceptors (Lipinski definition) is 5. The second kappa shape index (κ2) is 7.15. The van der Waals surface area contributed by atoms with Crippen LogP contribution < -0.4 is 0 Å². The van der Waals surface area contributed by atoms with Crippen molar-refractivity contribution in [2.24, 2.45) is 11.8 Å². The Balaban J connectivity index is 1.94. The number of hydrogen-bond donors (Lipinski definition) is 0. The van der Waals surface area contributed by atoms with Crippen molar-refractivity contribution in [2.45, 2.75) is 53.1 Å². The summed E-state index contributed by atoms with van der Waals surface area (Å²) in [7, 11) is 0. The number of esters is 1. The van der Waals surface area contributed by atoms with Gasteiger partial charge < -0.3 is 9.30 Å². The number of ether oxygens (including phenoxy) is 1. The number of carbonyl (C=O) groups excluding carboxylic acids is 2. The molecule has 7 heteroatoms. The number of ketones is 1. The summed E-state index contributed by atoms with van der Waals surface area (Å²) in [6, 6.07) is 0.955. The first-order chi connectivity index (χ1) is 11.2. The third-order valence-electron chi connectivity index (χ3n) is 4.48. The van der Waals surface area contributed by atoms with Crippen LogP contribution >= 0.6 is 0 Å². The number of carbonyl (C=O) groups is 2. The summed E-state index contributed by atoms with van der Waals surface area (Å²) in [4.78, 5) is 34.1. The lowest BCUT2D eigenvalue weighted by Gasteiger charge is -2.11. The Labute approximate surface area is 141 Å². The molecule has 0 aliphatic heterocycles. The van der Waals surface area contributed by atoms with Gasteiger partial charge in [0, 0.05) is 34.8 Å². The van der Waals surface area contributed by atoms with Crippen molar-refractivity contribution < 1.29 is 19.2 Å². The number of aryl methyl sites for hydroxylation is 1. The first-order valence-corrected chi connectivity index (χ1v) is 8.22. The van der Waals surface area contributed by atoms with Crippen molar-refractivity contribution >= 4 is 11.8 Å². The molecular weight excluding hydrogens is 312 g/mol. The molecule has 2 atom stereocenters. The van der Waals surface area contributed by atoms with Gasteiger partial charge in [0.05, 0.1) is 0 Å². The molecule has 1 fully saturated rings. The third-order valence-corrected chi connectivity index (χ3v) is 4.48. The lowest BCUT2D eigenvalue weighted by Crippen LogP contribution is -2.18. The van der Waals surface area contributed by atoms with Crippen LogP contribution in [-0.2, 0) is 16.1 Å². The van der Waals surface area contributed by atoms with E-state index in [0.29, 0.717) is 11.5 Å². The van der Waals surface area contributed by atoms with Gasteiger partial charge in [0.1, 0.15) is 5.92 Å². The molecule has 0 saturated heterocycles. The SMILES string of the molecule is Cc1cc(C(=O)COC(=O)C2CC2[N+](=O)[O-])c(C)n1CCC(C)C. The summed E-state index contributed by atoms with van der Waals surface area (Å²) in [6.45, 7) is 8.60. The fourth-order valence-corrected chi connectivity index (χ4v) is 2.80. The van der Waals surface area contributed by atoms with E-state index in [0.717, 1.165) is 24.4 Å². The maximum Gasteiger partial charge on any atom is 0.316 e. The van der Waals surface area contributed by atoms with Crippen LogP contribution in [0.4, 0.5) is 0 Å². The van der Waals surface area contributed by atoms with E-state index in [-0.39, 0.29) is 18.8 Å². The molecule has 0 amide bonds. The standard InChI is InChI=1S/C17H24N2O5/c1-10(2)5-6-18-11(3)7-13(12(18)4)16(20)9-24-17(21)14-8-15(14)19(22)23/h7,10,14-15H,5-6,8-9H2,1-4H3. The van der Waals surface area contributed by atoms with Crippen LogP contribution in [0.25, 0.3) is 0 Å². The largest absolute Gasteiger partial charge is 0.457 e. The van der Waals surface area contributed by atoms with Gasteiger partial charge in [-0.1, -0.05) is 13.8 Å². The van der Waals surface area contributed by atoms with Gasteiger partial charge in [-0.05, 0) is 32.3 Å². The van der Waals surface area contributed by atoms with Gasteiger partial charge in [0.25, 0.3) is 0 Å². The molecule has 2 rings (SSSR count). The Hall–Kier alpha value is -2.18. The highest BCUT2D eigenvalue weighted by Crippen LogP contribution is 2.34. The quantitative estimate of drug-likeness (QED) is 0.315. The van der Waals surface area contributed by atoms with Gasteiger partial charge in [0.2, 0.25) is 11.8 Å². The van der Waals surface area contributed by atoms with Gasteiger partial charge >= 0.3 is 5.97 Å². The van der Waals surface area contributed by atoms with Crippen molar-refractivity contribution in [3.8, 4) is 0 Å². The van der Waals surface area contributed by atoms with E-state index in [4.69, 9.17) is 4.74 Å². The molecule has 1 aliphatic carbocycles. The zero-order chi connectivity index (χ0) is 18.0. The minimum Gasteiger partial charge on any atom is -0.457 e. The van der Waals surface area contributed by atoms with Gasteiger partial charge in [-0.3, -0.25) is 19.7 Å². The number of Topliss-reactive ketones (excluding diaryl/α,β-unsaturated/α-hetero) is 1. The highest BCUT2D eigenvalue weighted by atomic mass is 16.6. The summed E-state index contributed by atoms with van der Waals surface area (Å²) >= 11 is 0. The molecule has 0 N–H and O–H groups in total. The second-order valence-electron chi connectivity index (χ2n) is 6.84. The Morgan fingerprint density at radius 1 is 1.42 bits per heavy atom. The van der Waals surface area contributed by atoms with E-state index in [2.05, 4.69) is 18.4 Å². The predicted molar refractivity (Wildman–Crippen MR) is 87.5 cm³/mol. The number of aromatic nitrogens is 1. The first-order valence-electron chi connectivity index (χ1n) is 8.22. The van der Waals surface area contributed by atoms with E-state index in [1.54, 1.807) is 0 Å². The Morgan fingerprint density at radius 2 is 2.08 bits per heavy atom. The van der Waals surface area contributed by atoms with Gasteiger partial charge in [-0.15, -0.1) is 0 Å². The number of rotatable bonds is 8. The predicted octanol–water partition coefficient (Wildman–Crippen LogP) is 2.54. The molecule has 7 nitrogen and oxygen atoms in total. The van der Waals surface area contributed by atoms with Gasteiger partial charge in [-0.2, -0.15) is 0 Å². The zero-order valence-corrected chi connectivity index (χ0v) is 14.6. The van der Waals surface area contributed by atoms with Crippen LogP contribution in [0.5, 0.6) is 0 Å². The smallest absolute Gasteiger partial charge is 0.316 e. The molecule has 1 saturated carbocycles. The summed E-state index contributed by atoms with van der Waals surface area (Å²) in [6.07, 6.45) is 1.21. The summed E-state index contributed by atoms with van der Waals surface area (Å²) < 4.78 is 7.06. The van der Waals surface area contributed by atoms with Crippen LogP contribution in [0.2, 0.25) is 0 Å². The Morgan fingerprint density at radius 3 is 2.62 bits per heavy atom. The van der Waals surface area contributed by atoms with Crippen molar-refractivity contribution in [2.75, 3.05) is 6.61 Å².